The van der Waals surface area contributed by atoms with Crippen molar-refractivity contribution in [1.82, 2.24) is 4.98 Å². The van der Waals surface area contributed by atoms with Crippen molar-refractivity contribution in [1.29, 1.82) is 0 Å². The van der Waals surface area contributed by atoms with E-state index in [-0.39, 0.29) is 5.15 Å². The van der Waals surface area contributed by atoms with Crippen LogP contribution in [0.5, 0.6) is 0 Å². The van der Waals surface area contributed by atoms with Gasteiger partial charge in [0.2, 0.25) is 0 Å². The zero-order chi connectivity index (χ0) is 13.3. The Morgan fingerprint density at radius 2 is 1.61 bits per heavy atom. The Balaban J connectivity index is 2.62. The molecule has 0 aliphatic carbocycles. The molecule has 0 aliphatic heterocycles. The lowest BCUT2D eigenvalue weighted by Crippen LogP contribution is -1.91. The normalized spacial score (nSPS) is 10.4. The number of rotatable bonds is 2. The minimum Gasteiger partial charge on any atom is -0.298 e. The highest BCUT2D eigenvalue weighted by atomic mass is 35.5. The number of aromatic nitrogens is 1. The van der Waals surface area contributed by atoms with Gasteiger partial charge in [0.15, 0.2) is 6.29 Å². The molecule has 0 spiro atoms. The quantitative estimate of drug-likeness (QED) is 0.564. The van der Waals surface area contributed by atoms with Crippen molar-refractivity contribution < 1.29 is 4.79 Å². The molecule has 0 fully saturated rings. The molecule has 1 heterocycles. The number of carbonyl (C=O) groups is 1. The van der Waals surface area contributed by atoms with E-state index in [0.717, 1.165) is 0 Å². The minimum atomic E-state index is 0.101. The summed E-state index contributed by atoms with van der Waals surface area (Å²) in [5.74, 6) is 0. The van der Waals surface area contributed by atoms with Crippen LogP contribution in [0.2, 0.25) is 20.2 Å². The van der Waals surface area contributed by atoms with Gasteiger partial charge in [0.25, 0.3) is 0 Å². The lowest BCUT2D eigenvalue weighted by molar-refractivity contribution is 0.112. The Morgan fingerprint density at radius 3 is 2.11 bits per heavy atom. The van der Waals surface area contributed by atoms with E-state index >= 15 is 0 Å². The van der Waals surface area contributed by atoms with Crippen LogP contribution in [-0.4, -0.2) is 11.3 Å². The van der Waals surface area contributed by atoms with Crippen LogP contribution < -0.4 is 0 Å². The lowest BCUT2D eigenvalue weighted by atomic mass is 10.1. The molecule has 0 aliphatic rings. The number of hydrogen-bond acceptors (Lipinski definition) is 2. The van der Waals surface area contributed by atoms with Gasteiger partial charge < -0.3 is 0 Å². The van der Waals surface area contributed by atoms with Gasteiger partial charge in [-0.25, -0.2) is 4.98 Å². The van der Waals surface area contributed by atoms with Crippen molar-refractivity contribution in [2.75, 3.05) is 0 Å². The maximum atomic E-state index is 10.7. The molecule has 1 aromatic carbocycles. The van der Waals surface area contributed by atoms with Crippen molar-refractivity contribution in [3.63, 3.8) is 0 Å². The van der Waals surface area contributed by atoms with Crippen molar-refractivity contribution in [2.45, 2.75) is 0 Å². The van der Waals surface area contributed by atoms with E-state index in [0.29, 0.717) is 38.2 Å². The summed E-state index contributed by atoms with van der Waals surface area (Å²) in [4.78, 5) is 14.7. The van der Waals surface area contributed by atoms with Crippen LogP contribution >= 0.6 is 46.4 Å². The molecule has 2 rings (SSSR count). The third-order valence-corrected chi connectivity index (χ3v) is 3.38. The number of pyridine rings is 1. The van der Waals surface area contributed by atoms with Gasteiger partial charge >= 0.3 is 0 Å². The van der Waals surface area contributed by atoms with Gasteiger partial charge in [-0.3, -0.25) is 4.79 Å². The first-order chi connectivity index (χ1) is 8.52. The molecule has 0 unspecified atom stereocenters. The third kappa shape index (κ3) is 2.62. The molecule has 0 bridgehead atoms. The number of benzene rings is 1. The average Bonchev–Trinajstić information content (AvgIpc) is 2.27. The highest BCUT2D eigenvalue weighted by molar-refractivity contribution is 6.41. The average molecular weight is 321 g/mol. The van der Waals surface area contributed by atoms with E-state index in [9.17, 15) is 4.79 Å². The van der Waals surface area contributed by atoms with Crippen LogP contribution in [0.4, 0.5) is 0 Å². The van der Waals surface area contributed by atoms with E-state index in [4.69, 9.17) is 46.4 Å². The van der Waals surface area contributed by atoms with Crippen LogP contribution in [0.25, 0.3) is 11.3 Å². The zero-order valence-corrected chi connectivity index (χ0v) is 11.8. The molecular formula is C12H5Cl4NO. The Hall–Kier alpha value is -0.800. The smallest absolute Gasteiger partial charge is 0.153 e. The molecule has 0 amide bonds. The molecule has 0 saturated carbocycles. The number of hydrogen-bond donors (Lipinski definition) is 0. The van der Waals surface area contributed by atoms with Crippen molar-refractivity contribution in [3.05, 3.63) is 50.0 Å². The van der Waals surface area contributed by atoms with Crippen LogP contribution in [-0.2, 0) is 0 Å². The first kappa shape index (κ1) is 13.6. The van der Waals surface area contributed by atoms with E-state index < -0.39 is 0 Å². The summed E-state index contributed by atoms with van der Waals surface area (Å²) in [5.41, 5.74) is 1.32. The molecule has 18 heavy (non-hydrogen) atoms. The van der Waals surface area contributed by atoms with E-state index in [2.05, 4.69) is 4.98 Å². The summed E-state index contributed by atoms with van der Waals surface area (Å²) < 4.78 is 0. The summed E-state index contributed by atoms with van der Waals surface area (Å²) in [6, 6.07) is 6.30. The number of halogens is 4. The fraction of sp³-hybridized carbons (Fsp3) is 0. The highest BCUT2D eigenvalue weighted by Gasteiger charge is 2.13. The molecule has 0 atom stereocenters. The van der Waals surface area contributed by atoms with E-state index in [1.165, 1.54) is 0 Å². The second-order valence-corrected chi connectivity index (χ2v) is 5.05. The Kier molecular flexibility index (Phi) is 4.13. The van der Waals surface area contributed by atoms with E-state index in [1.807, 2.05) is 0 Å². The molecule has 92 valence electrons. The van der Waals surface area contributed by atoms with Crippen LogP contribution in [0.3, 0.4) is 0 Å². The minimum absolute atomic E-state index is 0.101. The monoisotopic (exact) mass is 319 g/mol. The number of aldehydes is 1. The van der Waals surface area contributed by atoms with Gasteiger partial charge in [-0.15, -0.1) is 0 Å². The summed E-state index contributed by atoms with van der Waals surface area (Å²) >= 11 is 23.8. The summed E-state index contributed by atoms with van der Waals surface area (Å²) in [6.45, 7) is 0. The first-order valence-corrected chi connectivity index (χ1v) is 6.30. The topological polar surface area (TPSA) is 30.0 Å². The predicted molar refractivity (Wildman–Crippen MR) is 75.1 cm³/mol. The SMILES string of the molecule is O=Cc1ccc(-c2c(Cl)cc(Cl)cc2Cl)nc1Cl. The lowest BCUT2D eigenvalue weighted by Gasteiger charge is -2.08. The molecule has 0 radical (unpaired) electrons. The maximum Gasteiger partial charge on any atom is 0.153 e. The Morgan fingerprint density at radius 1 is 1.00 bits per heavy atom. The third-order valence-electron chi connectivity index (χ3n) is 2.27. The van der Waals surface area contributed by atoms with Crippen LogP contribution in [0.1, 0.15) is 10.4 Å². The molecule has 0 saturated heterocycles. The largest absolute Gasteiger partial charge is 0.298 e. The van der Waals surface area contributed by atoms with Gasteiger partial charge in [-0.1, -0.05) is 46.4 Å². The fourth-order valence-electron chi connectivity index (χ4n) is 1.46. The van der Waals surface area contributed by atoms with Gasteiger partial charge in [-0.2, -0.15) is 0 Å². The number of nitrogens with zero attached hydrogens (tertiary/aromatic N) is 1. The Labute approximate surface area is 123 Å². The maximum absolute atomic E-state index is 10.7. The second kappa shape index (κ2) is 5.45. The fourth-order valence-corrected chi connectivity index (χ4v) is 2.67. The predicted octanol–water partition coefficient (Wildman–Crippen LogP) is 5.17. The molecular weight excluding hydrogens is 316 g/mol. The van der Waals surface area contributed by atoms with Gasteiger partial charge in [0.05, 0.1) is 21.3 Å². The summed E-state index contributed by atoms with van der Waals surface area (Å²) in [6.07, 6.45) is 0.629. The molecule has 2 aromatic rings. The van der Waals surface area contributed by atoms with Crippen molar-refractivity contribution >= 4 is 52.7 Å². The van der Waals surface area contributed by atoms with Crippen LogP contribution in [0, 0.1) is 0 Å². The van der Waals surface area contributed by atoms with Crippen LogP contribution in [0.15, 0.2) is 24.3 Å². The molecule has 0 N–H and O–H groups in total. The molecule has 2 nitrogen and oxygen atoms in total. The highest BCUT2D eigenvalue weighted by Crippen LogP contribution is 2.36. The van der Waals surface area contributed by atoms with E-state index in [1.54, 1.807) is 24.3 Å². The standard InChI is InChI=1S/C12H5Cl4NO/c13-7-3-8(14)11(9(15)4-7)10-2-1-6(5-18)12(16)17-10/h1-5H. The zero-order valence-electron chi connectivity index (χ0n) is 8.75. The van der Waals surface area contributed by atoms with Crippen molar-refractivity contribution in [2.24, 2.45) is 0 Å². The van der Waals surface area contributed by atoms with Crippen molar-refractivity contribution in [3.8, 4) is 11.3 Å². The van der Waals surface area contributed by atoms with Gasteiger partial charge in [0, 0.05) is 10.6 Å². The number of carbonyl (C=O) groups excluding carboxylic acids is 1. The summed E-state index contributed by atoms with van der Waals surface area (Å²) in [7, 11) is 0. The summed E-state index contributed by atoms with van der Waals surface area (Å²) in [5, 5.41) is 1.28. The van der Waals surface area contributed by atoms with Gasteiger partial charge in [-0.05, 0) is 24.3 Å². The molecule has 1 aromatic heterocycles. The Bertz CT molecular complexity index is 604. The van der Waals surface area contributed by atoms with Gasteiger partial charge in [0.1, 0.15) is 5.15 Å². The second-order valence-electron chi connectivity index (χ2n) is 3.44. The molecule has 6 heteroatoms. The first-order valence-electron chi connectivity index (χ1n) is 4.79.